The second-order valence-electron chi connectivity index (χ2n) is 6.87. The lowest BCUT2D eigenvalue weighted by Gasteiger charge is -2.23. The van der Waals surface area contributed by atoms with Crippen LogP contribution in [0.3, 0.4) is 0 Å². The van der Waals surface area contributed by atoms with Crippen LogP contribution in [-0.4, -0.2) is 30.4 Å². The van der Waals surface area contributed by atoms with Gasteiger partial charge in [-0.3, -0.25) is 14.9 Å². The molecule has 3 rings (SSSR count). The number of hydrogen-bond acceptors (Lipinski definition) is 4. The van der Waals surface area contributed by atoms with E-state index in [1.807, 2.05) is 30.3 Å². The van der Waals surface area contributed by atoms with Gasteiger partial charge in [0.2, 0.25) is 0 Å². The van der Waals surface area contributed by atoms with Crippen LogP contribution < -0.4 is 15.4 Å². The van der Waals surface area contributed by atoms with Crippen LogP contribution in [0.2, 0.25) is 0 Å². The normalized spacial score (nSPS) is 15.7. The first kappa shape index (κ1) is 18.9. The molecule has 1 aliphatic carbocycles. The summed E-state index contributed by atoms with van der Waals surface area (Å²) in [6.07, 6.45) is 5.05. The summed E-state index contributed by atoms with van der Waals surface area (Å²) in [6, 6.07) is 10.6. The summed E-state index contributed by atoms with van der Waals surface area (Å²) in [5, 5.41) is 6.82. The van der Waals surface area contributed by atoms with Crippen LogP contribution in [0.5, 0.6) is 5.75 Å². The molecule has 1 fully saturated rings. The van der Waals surface area contributed by atoms with E-state index in [4.69, 9.17) is 4.74 Å². The zero-order chi connectivity index (χ0) is 19.2. The first-order valence-corrected chi connectivity index (χ1v) is 9.33. The number of benzene rings is 2. The Labute approximate surface area is 158 Å². The number of carbonyl (C=O) groups excluding carboxylic acids is 3. The maximum Gasteiger partial charge on any atom is 0.321 e. The van der Waals surface area contributed by atoms with Crippen molar-refractivity contribution in [3.63, 3.8) is 0 Å². The average molecular weight is 368 g/mol. The van der Waals surface area contributed by atoms with Crippen molar-refractivity contribution in [1.29, 1.82) is 0 Å². The maximum absolute atomic E-state index is 12.3. The van der Waals surface area contributed by atoms with Crippen molar-refractivity contribution in [1.82, 2.24) is 10.6 Å². The van der Waals surface area contributed by atoms with Crippen LogP contribution in [0, 0.1) is 0 Å². The highest BCUT2D eigenvalue weighted by molar-refractivity contribution is 6.01. The highest BCUT2D eigenvalue weighted by atomic mass is 16.5. The number of carbonyl (C=O) groups is 3. The van der Waals surface area contributed by atoms with E-state index in [2.05, 4.69) is 10.6 Å². The van der Waals surface area contributed by atoms with Crippen LogP contribution >= 0.6 is 0 Å². The van der Waals surface area contributed by atoms with Crippen LogP contribution in [0.1, 0.15) is 49.4 Å². The summed E-state index contributed by atoms with van der Waals surface area (Å²) in [4.78, 5) is 35.8. The van der Waals surface area contributed by atoms with E-state index >= 15 is 0 Å². The number of hydrogen-bond donors (Lipinski definition) is 2. The van der Waals surface area contributed by atoms with Crippen LogP contribution in [-0.2, 0) is 4.79 Å². The van der Waals surface area contributed by atoms with Gasteiger partial charge in [0.25, 0.3) is 5.91 Å². The molecule has 0 saturated heterocycles. The van der Waals surface area contributed by atoms with Gasteiger partial charge in [-0.25, -0.2) is 4.79 Å². The highest BCUT2D eigenvalue weighted by Gasteiger charge is 2.21. The number of imide groups is 1. The summed E-state index contributed by atoms with van der Waals surface area (Å²) in [7, 11) is 0. The van der Waals surface area contributed by atoms with Gasteiger partial charge in [0, 0.05) is 6.04 Å². The molecule has 1 saturated carbocycles. The summed E-state index contributed by atoms with van der Waals surface area (Å²) >= 11 is 0. The number of amides is 3. The Balaban J connectivity index is 1.63. The van der Waals surface area contributed by atoms with Crippen molar-refractivity contribution >= 4 is 29.0 Å². The number of fused-ring (bicyclic) bond motifs is 1. The van der Waals surface area contributed by atoms with Crippen molar-refractivity contribution in [2.75, 3.05) is 0 Å². The molecule has 1 aliphatic rings. The Morgan fingerprint density at radius 2 is 1.85 bits per heavy atom. The molecule has 2 aromatic rings. The van der Waals surface area contributed by atoms with Gasteiger partial charge >= 0.3 is 6.03 Å². The third-order valence-electron chi connectivity index (χ3n) is 4.90. The van der Waals surface area contributed by atoms with Gasteiger partial charge in [-0.15, -0.1) is 0 Å². The molecule has 6 nitrogen and oxygen atoms in total. The Bertz CT molecular complexity index is 843. The van der Waals surface area contributed by atoms with E-state index < -0.39 is 18.0 Å². The van der Waals surface area contributed by atoms with E-state index in [0.29, 0.717) is 11.3 Å². The van der Waals surface area contributed by atoms with E-state index in [1.165, 1.54) is 6.42 Å². The quantitative estimate of drug-likeness (QED) is 0.790. The lowest BCUT2D eigenvalue weighted by Crippen LogP contribution is -2.48. The Morgan fingerprint density at radius 3 is 2.59 bits per heavy atom. The Kier molecular flexibility index (Phi) is 6.06. The van der Waals surface area contributed by atoms with Crippen molar-refractivity contribution in [3.8, 4) is 5.75 Å². The topological polar surface area (TPSA) is 84.5 Å². The van der Waals surface area contributed by atoms with Gasteiger partial charge < -0.3 is 10.1 Å². The first-order chi connectivity index (χ1) is 13.1. The minimum Gasteiger partial charge on any atom is -0.480 e. The molecule has 0 aliphatic heterocycles. The molecule has 142 valence electrons. The van der Waals surface area contributed by atoms with E-state index in [9.17, 15) is 14.4 Å². The smallest absolute Gasteiger partial charge is 0.321 e. The molecule has 2 aromatic carbocycles. The fraction of sp³-hybridized carbons (Fsp3) is 0.381. The molecular formula is C21H24N2O4. The van der Waals surface area contributed by atoms with Gasteiger partial charge in [-0.05, 0) is 36.6 Å². The third kappa shape index (κ3) is 4.64. The molecule has 0 unspecified atom stereocenters. The predicted octanol–water partition coefficient (Wildman–Crippen LogP) is 3.58. The Hall–Kier alpha value is -2.89. The van der Waals surface area contributed by atoms with Crippen molar-refractivity contribution in [2.24, 2.45) is 0 Å². The van der Waals surface area contributed by atoms with E-state index in [-0.39, 0.29) is 6.04 Å². The number of urea groups is 1. The first-order valence-electron chi connectivity index (χ1n) is 9.33. The maximum atomic E-state index is 12.3. The molecule has 0 spiro atoms. The molecule has 6 heteroatoms. The third-order valence-corrected chi connectivity index (χ3v) is 4.90. The SMILES string of the molecule is C[C@H](Oc1ccc2ccccc2c1C=O)C(=O)NC(=O)NC1CCCCC1. The average Bonchev–Trinajstić information content (AvgIpc) is 2.68. The van der Waals surface area contributed by atoms with Crippen LogP contribution in [0.15, 0.2) is 36.4 Å². The predicted molar refractivity (Wildman–Crippen MR) is 103 cm³/mol. The van der Waals surface area contributed by atoms with Gasteiger partial charge in [-0.2, -0.15) is 0 Å². The lowest BCUT2D eigenvalue weighted by molar-refractivity contribution is -0.126. The zero-order valence-corrected chi connectivity index (χ0v) is 15.4. The van der Waals surface area contributed by atoms with Crippen LogP contribution in [0.25, 0.3) is 10.8 Å². The summed E-state index contributed by atoms with van der Waals surface area (Å²) in [6.45, 7) is 1.55. The largest absolute Gasteiger partial charge is 0.480 e. The minimum absolute atomic E-state index is 0.116. The van der Waals surface area contributed by atoms with Crippen LogP contribution in [0.4, 0.5) is 4.79 Å². The molecule has 1 atom stereocenters. The number of aldehydes is 1. The van der Waals surface area contributed by atoms with E-state index in [0.717, 1.165) is 42.7 Å². The fourth-order valence-corrected chi connectivity index (χ4v) is 3.43. The second kappa shape index (κ2) is 8.66. The monoisotopic (exact) mass is 368 g/mol. The highest BCUT2D eigenvalue weighted by Crippen LogP contribution is 2.27. The van der Waals surface area contributed by atoms with Gasteiger partial charge in [0.15, 0.2) is 12.4 Å². The summed E-state index contributed by atoms with van der Waals surface area (Å²) in [5.41, 5.74) is 0.388. The molecule has 0 heterocycles. The fourth-order valence-electron chi connectivity index (χ4n) is 3.43. The molecular weight excluding hydrogens is 344 g/mol. The minimum atomic E-state index is -0.915. The molecule has 0 bridgehead atoms. The van der Waals surface area contributed by atoms with Crippen molar-refractivity contribution in [2.45, 2.75) is 51.2 Å². The van der Waals surface area contributed by atoms with Gasteiger partial charge in [0.05, 0.1) is 5.56 Å². The number of rotatable bonds is 5. The molecule has 2 N–H and O–H groups in total. The summed E-state index contributed by atoms with van der Waals surface area (Å²) in [5.74, 6) is -0.229. The molecule has 0 aromatic heterocycles. The zero-order valence-electron chi connectivity index (χ0n) is 15.4. The molecule has 27 heavy (non-hydrogen) atoms. The van der Waals surface area contributed by atoms with Gasteiger partial charge in [0.1, 0.15) is 5.75 Å². The van der Waals surface area contributed by atoms with Crippen molar-refractivity contribution in [3.05, 3.63) is 42.0 Å². The molecule has 0 radical (unpaired) electrons. The number of nitrogens with one attached hydrogen (secondary N) is 2. The molecule has 3 amide bonds. The standard InChI is InChI=1S/C21H24N2O4/c1-14(20(25)23-21(26)22-16-8-3-2-4-9-16)27-19-12-11-15-7-5-6-10-17(15)18(19)13-24/h5-7,10-14,16H,2-4,8-9H2,1H3,(H2,22,23,25,26)/t14-/m0/s1. The van der Waals surface area contributed by atoms with Gasteiger partial charge in [-0.1, -0.05) is 49.6 Å². The van der Waals surface area contributed by atoms with E-state index in [1.54, 1.807) is 13.0 Å². The summed E-state index contributed by atoms with van der Waals surface area (Å²) < 4.78 is 5.67. The van der Waals surface area contributed by atoms with Crippen molar-refractivity contribution < 1.29 is 19.1 Å². The lowest BCUT2D eigenvalue weighted by atomic mass is 9.96. The Morgan fingerprint density at radius 1 is 1.11 bits per heavy atom. The second-order valence-corrected chi connectivity index (χ2v) is 6.87. The number of ether oxygens (including phenoxy) is 1.